The van der Waals surface area contributed by atoms with Gasteiger partial charge in [-0.15, -0.1) is 11.3 Å². The first-order valence-corrected chi connectivity index (χ1v) is 9.02. The van der Waals surface area contributed by atoms with Gasteiger partial charge in [-0.25, -0.2) is 9.97 Å². The number of nitrogens with zero attached hydrogens (tertiary/aromatic N) is 2. The molecule has 0 unspecified atom stereocenters. The molecule has 0 bridgehead atoms. The van der Waals surface area contributed by atoms with Crippen molar-refractivity contribution in [2.75, 3.05) is 7.05 Å². The van der Waals surface area contributed by atoms with Gasteiger partial charge in [0.05, 0.1) is 5.39 Å². The van der Waals surface area contributed by atoms with Crippen LogP contribution in [0.3, 0.4) is 0 Å². The molecule has 0 amide bonds. The highest BCUT2D eigenvalue weighted by molar-refractivity contribution is 7.18. The van der Waals surface area contributed by atoms with E-state index in [0.717, 1.165) is 28.9 Å². The van der Waals surface area contributed by atoms with Gasteiger partial charge in [0.25, 0.3) is 0 Å². The Hall–Kier alpha value is -1.20. The Labute approximate surface area is 138 Å². The zero-order chi connectivity index (χ0) is 16.5. The number of nitrogens with two attached hydrogens (primary N) is 1. The normalized spacial score (nSPS) is 14.6. The van der Waals surface area contributed by atoms with Crippen LogP contribution < -0.4 is 10.5 Å². The molecule has 1 aliphatic rings. The standard InChI is InChI=1S/C14H18N2OS.C2H6.CH5N/c1-9-10(2)18-14-12(9)13(15-8-16-14)17-11-6-4-3-5-7-11;2*1-2/h8,11H,3-7H2,1-2H3;1-2H3;2H2,1H3. The first-order chi connectivity index (χ1) is 10.8. The first-order valence-electron chi connectivity index (χ1n) is 8.21. The van der Waals surface area contributed by atoms with E-state index in [2.05, 4.69) is 29.5 Å². The van der Waals surface area contributed by atoms with Gasteiger partial charge in [0, 0.05) is 4.88 Å². The zero-order valence-electron chi connectivity index (χ0n) is 14.5. The maximum atomic E-state index is 6.12. The lowest BCUT2D eigenvalue weighted by Gasteiger charge is -2.22. The Morgan fingerprint density at radius 2 is 1.73 bits per heavy atom. The monoisotopic (exact) mass is 323 g/mol. The third-order valence-electron chi connectivity index (χ3n) is 3.76. The summed E-state index contributed by atoms with van der Waals surface area (Å²) in [7, 11) is 1.50. The number of ether oxygens (including phenoxy) is 1. The molecule has 2 N–H and O–H groups in total. The van der Waals surface area contributed by atoms with Crippen molar-refractivity contribution in [1.82, 2.24) is 9.97 Å². The second kappa shape index (κ2) is 9.74. The number of hydrogen-bond acceptors (Lipinski definition) is 5. The van der Waals surface area contributed by atoms with Crippen LogP contribution in [0.4, 0.5) is 0 Å². The van der Waals surface area contributed by atoms with Crippen LogP contribution in [0.2, 0.25) is 0 Å². The summed E-state index contributed by atoms with van der Waals surface area (Å²) in [6, 6.07) is 0. The largest absolute Gasteiger partial charge is 0.474 e. The van der Waals surface area contributed by atoms with E-state index in [1.54, 1.807) is 17.7 Å². The minimum atomic E-state index is 0.344. The van der Waals surface area contributed by atoms with Gasteiger partial charge in [0.2, 0.25) is 5.88 Å². The number of rotatable bonds is 2. The SMILES string of the molecule is CC.CN.Cc1sc2ncnc(OC3CCCCC3)c2c1C. The van der Waals surface area contributed by atoms with Crippen molar-refractivity contribution in [3.63, 3.8) is 0 Å². The fraction of sp³-hybridized carbons (Fsp3) is 0.647. The van der Waals surface area contributed by atoms with Gasteiger partial charge in [0.15, 0.2) is 0 Å². The molecule has 0 spiro atoms. The molecule has 4 nitrogen and oxygen atoms in total. The molecule has 2 heterocycles. The quantitative estimate of drug-likeness (QED) is 0.876. The average Bonchev–Trinajstić information content (AvgIpc) is 2.88. The van der Waals surface area contributed by atoms with Gasteiger partial charge < -0.3 is 10.5 Å². The van der Waals surface area contributed by atoms with E-state index in [1.807, 2.05) is 13.8 Å². The van der Waals surface area contributed by atoms with Gasteiger partial charge >= 0.3 is 0 Å². The lowest BCUT2D eigenvalue weighted by molar-refractivity contribution is 0.151. The van der Waals surface area contributed by atoms with E-state index in [0.29, 0.717) is 6.10 Å². The molecule has 2 aromatic heterocycles. The maximum absolute atomic E-state index is 6.12. The highest BCUT2D eigenvalue weighted by Gasteiger charge is 2.19. The van der Waals surface area contributed by atoms with E-state index >= 15 is 0 Å². The minimum absolute atomic E-state index is 0.344. The molecular weight excluding hydrogens is 294 g/mol. The van der Waals surface area contributed by atoms with Crippen LogP contribution in [0.5, 0.6) is 5.88 Å². The molecule has 22 heavy (non-hydrogen) atoms. The summed E-state index contributed by atoms with van der Waals surface area (Å²) in [5.41, 5.74) is 5.77. The topological polar surface area (TPSA) is 61.0 Å². The summed E-state index contributed by atoms with van der Waals surface area (Å²) in [6.07, 6.45) is 8.19. The molecule has 1 saturated carbocycles. The number of aromatic nitrogens is 2. The van der Waals surface area contributed by atoms with Gasteiger partial charge in [-0.3, -0.25) is 0 Å². The smallest absolute Gasteiger partial charge is 0.225 e. The molecular formula is C17H29N3OS. The molecule has 1 fully saturated rings. The van der Waals surface area contributed by atoms with Crippen LogP contribution >= 0.6 is 11.3 Å². The molecule has 3 rings (SSSR count). The summed E-state index contributed by atoms with van der Waals surface area (Å²) < 4.78 is 6.12. The van der Waals surface area contributed by atoms with Crippen molar-refractivity contribution in [1.29, 1.82) is 0 Å². The van der Waals surface area contributed by atoms with Gasteiger partial charge in [-0.1, -0.05) is 20.3 Å². The third-order valence-corrected chi connectivity index (χ3v) is 4.88. The van der Waals surface area contributed by atoms with Gasteiger partial charge in [0.1, 0.15) is 17.3 Å². The second-order valence-electron chi connectivity index (χ2n) is 5.02. The highest BCUT2D eigenvalue weighted by atomic mass is 32.1. The van der Waals surface area contributed by atoms with Crippen molar-refractivity contribution < 1.29 is 4.74 Å². The summed E-state index contributed by atoms with van der Waals surface area (Å²) in [5.74, 6) is 0.786. The van der Waals surface area contributed by atoms with Crippen LogP contribution in [0.15, 0.2) is 6.33 Å². The summed E-state index contributed by atoms with van der Waals surface area (Å²) in [5, 5.41) is 1.12. The van der Waals surface area contributed by atoms with Crippen molar-refractivity contribution in [3.05, 3.63) is 16.8 Å². The number of aryl methyl sites for hydroxylation is 2. The Morgan fingerprint density at radius 1 is 1.09 bits per heavy atom. The van der Waals surface area contributed by atoms with Crippen molar-refractivity contribution in [2.24, 2.45) is 5.73 Å². The summed E-state index contributed by atoms with van der Waals surface area (Å²) in [4.78, 5) is 11.0. The van der Waals surface area contributed by atoms with Crippen molar-refractivity contribution in [2.45, 2.75) is 65.9 Å². The molecule has 1 aliphatic carbocycles. The second-order valence-corrected chi connectivity index (χ2v) is 6.22. The zero-order valence-corrected chi connectivity index (χ0v) is 15.3. The van der Waals surface area contributed by atoms with Crippen LogP contribution in [-0.4, -0.2) is 23.1 Å². The Balaban J connectivity index is 0.000000561. The molecule has 5 heteroatoms. The lowest BCUT2D eigenvalue weighted by Crippen LogP contribution is -2.20. The molecule has 0 aromatic carbocycles. The molecule has 0 radical (unpaired) electrons. The Kier molecular flexibility index (Phi) is 8.35. The maximum Gasteiger partial charge on any atom is 0.225 e. The lowest BCUT2D eigenvalue weighted by atomic mass is 9.98. The van der Waals surface area contributed by atoms with Crippen LogP contribution in [-0.2, 0) is 0 Å². The molecule has 0 aliphatic heterocycles. The average molecular weight is 324 g/mol. The number of hydrogen-bond donors (Lipinski definition) is 1. The predicted molar refractivity (Wildman–Crippen MR) is 95.8 cm³/mol. The molecule has 2 aromatic rings. The van der Waals surface area contributed by atoms with Gasteiger partial charge in [-0.2, -0.15) is 0 Å². The van der Waals surface area contributed by atoms with Crippen LogP contribution in [0.1, 0.15) is 56.4 Å². The Morgan fingerprint density at radius 3 is 2.36 bits per heavy atom. The minimum Gasteiger partial charge on any atom is -0.474 e. The predicted octanol–water partition coefficient (Wildman–Crippen LogP) is 4.62. The van der Waals surface area contributed by atoms with E-state index in [4.69, 9.17) is 4.74 Å². The molecule has 124 valence electrons. The third kappa shape index (κ3) is 4.40. The highest BCUT2D eigenvalue weighted by Crippen LogP contribution is 2.35. The summed E-state index contributed by atoms with van der Waals surface area (Å²) in [6.45, 7) is 8.26. The van der Waals surface area contributed by atoms with E-state index in [9.17, 15) is 0 Å². The van der Waals surface area contributed by atoms with E-state index in [-0.39, 0.29) is 0 Å². The van der Waals surface area contributed by atoms with Crippen molar-refractivity contribution in [3.8, 4) is 5.88 Å². The van der Waals surface area contributed by atoms with Crippen LogP contribution in [0.25, 0.3) is 10.2 Å². The number of thiophene rings is 1. The number of fused-ring (bicyclic) bond motifs is 1. The molecule has 0 atom stereocenters. The summed E-state index contributed by atoms with van der Waals surface area (Å²) >= 11 is 1.72. The van der Waals surface area contributed by atoms with Crippen LogP contribution in [0, 0.1) is 13.8 Å². The fourth-order valence-electron chi connectivity index (χ4n) is 2.58. The van der Waals surface area contributed by atoms with E-state index in [1.165, 1.54) is 36.8 Å². The first kappa shape index (κ1) is 18.8. The van der Waals surface area contributed by atoms with E-state index < -0.39 is 0 Å². The van der Waals surface area contributed by atoms with Gasteiger partial charge in [-0.05, 0) is 52.1 Å². The molecule has 0 saturated heterocycles. The fourth-order valence-corrected chi connectivity index (χ4v) is 3.57. The Bertz CT molecular complexity index is 562. The van der Waals surface area contributed by atoms with Crippen molar-refractivity contribution >= 4 is 21.6 Å².